The zero-order valence-electron chi connectivity index (χ0n) is 13.3. The molecule has 4 rings (SSSR count). The van der Waals surface area contributed by atoms with Crippen LogP contribution in [0.4, 0.5) is 0 Å². The highest BCUT2D eigenvalue weighted by Gasteiger charge is 2.51. The summed E-state index contributed by atoms with van der Waals surface area (Å²) in [4.78, 5) is 4.20. The highest BCUT2D eigenvalue weighted by atomic mass is 35.5. The van der Waals surface area contributed by atoms with Gasteiger partial charge in [-0.05, 0) is 24.1 Å². The number of hydrogen-bond acceptors (Lipinski definition) is 4. The standard InChI is InChI=1S/C18H16Cl2N4S/c19-18(20)9-15(18)12-25-17-23-22-16(14-7-4-8-21-10-14)24(17)11-13-5-2-1-3-6-13/h1-8,10,15H,9,11-12H2/t15-/m1/s1. The van der Waals surface area contributed by atoms with Crippen LogP contribution >= 0.6 is 35.0 Å². The minimum atomic E-state index is -0.566. The van der Waals surface area contributed by atoms with Gasteiger partial charge in [0.05, 0.1) is 6.54 Å². The highest BCUT2D eigenvalue weighted by molar-refractivity contribution is 7.99. The zero-order valence-corrected chi connectivity index (χ0v) is 15.7. The van der Waals surface area contributed by atoms with Gasteiger partial charge < -0.3 is 0 Å². The SMILES string of the molecule is ClC1(Cl)C[C@@H]1CSc1nnc(-c2cccnc2)n1Cc1ccccc1. The maximum Gasteiger partial charge on any atom is 0.191 e. The quantitative estimate of drug-likeness (QED) is 0.452. The fourth-order valence-electron chi connectivity index (χ4n) is 2.64. The van der Waals surface area contributed by atoms with Crippen molar-refractivity contribution in [3.63, 3.8) is 0 Å². The van der Waals surface area contributed by atoms with Crippen LogP contribution in [0.3, 0.4) is 0 Å². The Kier molecular flexibility index (Phi) is 4.71. The van der Waals surface area contributed by atoms with Crippen molar-refractivity contribution < 1.29 is 0 Å². The average molecular weight is 391 g/mol. The second kappa shape index (κ2) is 6.98. The maximum atomic E-state index is 6.15. The monoisotopic (exact) mass is 390 g/mol. The molecule has 2 heterocycles. The highest BCUT2D eigenvalue weighted by Crippen LogP contribution is 2.54. The molecule has 0 bridgehead atoms. The summed E-state index contributed by atoms with van der Waals surface area (Å²) in [5.41, 5.74) is 2.15. The summed E-state index contributed by atoms with van der Waals surface area (Å²) in [6.45, 7) is 0.706. The first-order chi connectivity index (χ1) is 12.1. The molecule has 2 aromatic heterocycles. The van der Waals surface area contributed by atoms with Gasteiger partial charge in [-0.3, -0.25) is 9.55 Å². The Morgan fingerprint density at radius 3 is 2.60 bits per heavy atom. The van der Waals surface area contributed by atoms with E-state index in [0.29, 0.717) is 12.5 Å². The van der Waals surface area contributed by atoms with Crippen LogP contribution in [0.2, 0.25) is 0 Å². The Morgan fingerprint density at radius 1 is 1.12 bits per heavy atom. The van der Waals surface area contributed by atoms with Gasteiger partial charge in [0.2, 0.25) is 0 Å². The molecule has 0 radical (unpaired) electrons. The van der Waals surface area contributed by atoms with Gasteiger partial charge >= 0.3 is 0 Å². The van der Waals surface area contributed by atoms with E-state index in [-0.39, 0.29) is 0 Å². The van der Waals surface area contributed by atoms with E-state index in [1.54, 1.807) is 18.0 Å². The zero-order chi connectivity index (χ0) is 17.3. The van der Waals surface area contributed by atoms with Crippen molar-refractivity contribution in [2.75, 3.05) is 5.75 Å². The molecule has 1 aliphatic rings. The van der Waals surface area contributed by atoms with Crippen molar-refractivity contribution >= 4 is 35.0 Å². The van der Waals surface area contributed by atoms with E-state index in [9.17, 15) is 0 Å². The van der Waals surface area contributed by atoms with E-state index in [1.165, 1.54) is 5.56 Å². The molecule has 1 saturated carbocycles. The van der Waals surface area contributed by atoms with E-state index < -0.39 is 4.33 Å². The predicted octanol–water partition coefficient (Wildman–Crippen LogP) is 4.67. The second-order valence-electron chi connectivity index (χ2n) is 6.09. The summed E-state index contributed by atoms with van der Waals surface area (Å²) in [6, 6.07) is 14.2. The second-order valence-corrected chi connectivity index (χ2v) is 8.62. The molecule has 128 valence electrons. The minimum absolute atomic E-state index is 0.310. The van der Waals surface area contributed by atoms with Gasteiger partial charge in [-0.2, -0.15) is 0 Å². The molecule has 7 heteroatoms. The first-order valence-corrected chi connectivity index (χ1v) is 9.76. The Bertz CT molecular complexity index is 852. The van der Waals surface area contributed by atoms with Gasteiger partial charge in [0.15, 0.2) is 11.0 Å². The number of hydrogen-bond donors (Lipinski definition) is 0. The van der Waals surface area contributed by atoms with Crippen molar-refractivity contribution in [2.45, 2.75) is 22.5 Å². The number of halogens is 2. The van der Waals surface area contributed by atoms with Crippen molar-refractivity contribution in [1.29, 1.82) is 0 Å². The minimum Gasteiger partial charge on any atom is -0.298 e. The molecule has 0 amide bonds. The van der Waals surface area contributed by atoms with E-state index in [2.05, 4.69) is 31.9 Å². The summed E-state index contributed by atoms with van der Waals surface area (Å²) in [5, 5.41) is 9.68. The van der Waals surface area contributed by atoms with Crippen LogP contribution in [0.25, 0.3) is 11.4 Å². The van der Waals surface area contributed by atoms with Crippen LogP contribution in [-0.4, -0.2) is 29.8 Å². The summed E-state index contributed by atoms with van der Waals surface area (Å²) in [6.07, 6.45) is 4.40. The Labute approximate surface area is 160 Å². The maximum absolute atomic E-state index is 6.15. The van der Waals surface area contributed by atoms with E-state index >= 15 is 0 Å². The molecule has 1 aromatic carbocycles. The lowest BCUT2D eigenvalue weighted by molar-refractivity contribution is 0.713. The fraction of sp³-hybridized carbons (Fsp3) is 0.278. The molecule has 3 aromatic rings. The normalized spacial score (nSPS) is 18.2. The van der Waals surface area contributed by atoms with Crippen molar-refractivity contribution in [1.82, 2.24) is 19.7 Å². The molecule has 1 aliphatic carbocycles. The molecule has 4 nitrogen and oxygen atoms in total. The third-order valence-electron chi connectivity index (χ3n) is 4.19. The molecule has 0 N–H and O–H groups in total. The molecule has 0 aliphatic heterocycles. The molecular weight excluding hydrogens is 375 g/mol. The number of nitrogens with zero attached hydrogens (tertiary/aromatic N) is 4. The van der Waals surface area contributed by atoms with Crippen LogP contribution in [0, 0.1) is 5.92 Å². The third kappa shape index (κ3) is 3.84. The van der Waals surface area contributed by atoms with Crippen LogP contribution in [0.5, 0.6) is 0 Å². The van der Waals surface area contributed by atoms with Gasteiger partial charge in [0, 0.05) is 29.6 Å². The van der Waals surface area contributed by atoms with Crippen LogP contribution in [0.15, 0.2) is 60.0 Å². The molecular formula is C18H16Cl2N4S. The van der Waals surface area contributed by atoms with Gasteiger partial charge in [-0.1, -0.05) is 42.1 Å². The predicted molar refractivity (Wildman–Crippen MR) is 102 cm³/mol. The van der Waals surface area contributed by atoms with Gasteiger partial charge in [0.1, 0.15) is 4.33 Å². The van der Waals surface area contributed by atoms with Crippen molar-refractivity contribution in [2.24, 2.45) is 5.92 Å². The number of thioether (sulfide) groups is 1. The van der Waals surface area contributed by atoms with E-state index in [4.69, 9.17) is 23.2 Å². The lowest BCUT2D eigenvalue weighted by Gasteiger charge is -2.10. The third-order valence-corrected chi connectivity index (χ3v) is 6.24. The van der Waals surface area contributed by atoms with Crippen LogP contribution < -0.4 is 0 Å². The Hall–Kier alpha value is -1.56. The molecule has 0 saturated heterocycles. The average Bonchev–Trinajstić information content (AvgIpc) is 3.06. The van der Waals surface area contributed by atoms with Crippen molar-refractivity contribution in [3.8, 4) is 11.4 Å². The van der Waals surface area contributed by atoms with E-state index in [1.807, 2.05) is 36.5 Å². The molecule has 1 atom stereocenters. The Morgan fingerprint density at radius 2 is 1.92 bits per heavy atom. The van der Waals surface area contributed by atoms with Crippen LogP contribution in [-0.2, 0) is 6.54 Å². The Balaban J connectivity index is 1.63. The van der Waals surface area contributed by atoms with Crippen LogP contribution in [0.1, 0.15) is 12.0 Å². The lowest BCUT2D eigenvalue weighted by atomic mass is 10.2. The number of aromatic nitrogens is 4. The molecule has 0 unspecified atom stereocenters. The number of pyridine rings is 1. The molecule has 0 spiro atoms. The summed E-state index contributed by atoms with van der Waals surface area (Å²) in [5.74, 6) is 1.97. The first kappa shape index (κ1) is 16.9. The van der Waals surface area contributed by atoms with E-state index in [0.717, 1.165) is 28.7 Å². The summed E-state index contributed by atoms with van der Waals surface area (Å²) < 4.78 is 1.56. The van der Waals surface area contributed by atoms with Crippen molar-refractivity contribution in [3.05, 3.63) is 60.4 Å². The molecule has 25 heavy (non-hydrogen) atoms. The first-order valence-electron chi connectivity index (χ1n) is 8.01. The van der Waals surface area contributed by atoms with Gasteiger partial charge in [-0.25, -0.2) is 0 Å². The largest absolute Gasteiger partial charge is 0.298 e. The number of alkyl halides is 2. The smallest absolute Gasteiger partial charge is 0.191 e. The lowest BCUT2D eigenvalue weighted by Crippen LogP contribution is -2.05. The van der Waals surface area contributed by atoms with Gasteiger partial charge in [-0.15, -0.1) is 33.4 Å². The summed E-state index contributed by atoms with van der Waals surface area (Å²) >= 11 is 13.9. The fourth-order valence-corrected chi connectivity index (χ4v) is 4.51. The topological polar surface area (TPSA) is 43.6 Å². The number of rotatable bonds is 6. The molecule has 1 fully saturated rings. The van der Waals surface area contributed by atoms with Gasteiger partial charge in [0.25, 0.3) is 0 Å². The number of benzene rings is 1. The summed E-state index contributed by atoms with van der Waals surface area (Å²) in [7, 11) is 0.